The molecule has 1 aromatic carbocycles. The lowest BCUT2D eigenvalue weighted by Crippen LogP contribution is -2.32. The number of aromatic nitrogens is 1. The smallest absolute Gasteiger partial charge is 0.289 e. The highest BCUT2D eigenvalue weighted by Crippen LogP contribution is 2.16. The predicted octanol–water partition coefficient (Wildman–Crippen LogP) is 4.66. The molecule has 0 radical (unpaired) electrons. The Morgan fingerprint density at radius 3 is 2.29 bits per heavy atom. The molecule has 0 unspecified atom stereocenters. The van der Waals surface area contributed by atoms with Crippen LogP contribution >= 0.6 is 0 Å². The average molecular weight is 422 g/mol. The molecule has 0 saturated heterocycles. The average Bonchev–Trinajstić information content (AvgIpc) is 3.44. The highest BCUT2D eigenvalue weighted by molar-refractivity contribution is 5.94. The summed E-state index contributed by atoms with van der Waals surface area (Å²) in [6.45, 7) is 8.98. The first-order valence-electron chi connectivity index (χ1n) is 10.9. The van der Waals surface area contributed by atoms with Gasteiger partial charge in [-0.3, -0.25) is 9.59 Å². The van der Waals surface area contributed by atoms with Crippen LogP contribution in [-0.2, 0) is 13.1 Å². The fourth-order valence-electron chi connectivity index (χ4n) is 3.64. The summed E-state index contributed by atoms with van der Waals surface area (Å²) >= 11 is 0. The summed E-state index contributed by atoms with van der Waals surface area (Å²) in [5.74, 6) is 1.01. The monoisotopic (exact) mass is 421 g/mol. The number of benzene rings is 1. The van der Waals surface area contributed by atoms with Crippen LogP contribution in [0.4, 0.5) is 0 Å². The van der Waals surface area contributed by atoms with Gasteiger partial charge in [0.15, 0.2) is 5.76 Å². The molecule has 0 fully saturated rings. The topological polar surface area (TPSA) is 58.7 Å². The first-order valence-corrected chi connectivity index (χ1v) is 10.9. The van der Waals surface area contributed by atoms with Crippen LogP contribution in [0, 0.1) is 0 Å². The summed E-state index contributed by atoms with van der Waals surface area (Å²) < 4.78 is 7.90. The lowest BCUT2D eigenvalue weighted by Gasteiger charge is -2.23. The molecule has 0 aliphatic carbocycles. The highest BCUT2D eigenvalue weighted by atomic mass is 16.4. The number of hydrogen-bond acceptors (Lipinski definition) is 3. The molecule has 2 heterocycles. The Kier molecular flexibility index (Phi) is 7.70. The van der Waals surface area contributed by atoms with E-state index in [1.807, 2.05) is 73.5 Å². The number of furan rings is 1. The van der Waals surface area contributed by atoms with Crippen molar-refractivity contribution in [2.24, 2.45) is 0 Å². The third-order valence-corrected chi connectivity index (χ3v) is 5.33. The molecule has 6 heteroatoms. The third-order valence-electron chi connectivity index (χ3n) is 5.33. The van der Waals surface area contributed by atoms with E-state index in [0.29, 0.717) is 49.8 Å². The van der Waals surface area contributed by atoms with Crippen LogP contribution in [0.5, 0.6) is 0 Å². The Labute approximate surface area is 184 Å². The summed E-state index contributed by atoms with van der Waals surface area (Å²) in [4.78, 5) is 29.1. The Morgan fingerprint density at radius 2 is 1.61 bits per heavy atom. The minimum absolute atomic E-state index is 0.0281. The van der Waals surface area contributed by atoms with Gasteiger partial charge in [0.05, 0.1) is 13.1 Å². The second-order valence-corrected chi connectivity index (χ2v) is 7.46. The first-order chi connectivity index (χ1) is 15.1. The zero-order chi connectivity index (χ0) is 22.2. The van der Waals surface area contributed by atoms with Crippen molar-refractivity contribution in [1.82, 2.24) is 14.4 Å². The molecule has 0 bridgehead atoms. The number of hydrogen-bond donors (Lipinski definition) is 0. The molecule has 31 heavy (non-hydrogen) atoms. The predicted molar refractivity (Wildman–Crippen MR) is 121 cm³/mol. The van der Waals surface area contributed by atoms with Crippen molar-refractivity contribution >= 4 is 11.8 Å². The molecule has 3 rings (SSSR count). The van der Waals surface area contributed by atoms with Gasteiger partial charge in [-0.05, 0) is 56.7 Å². The molecule has 0 spiro atoms. The third kappa shape index (κ3) is 5.45. The number of carbonyl (C=O) groups is 2. The molecule has 6 nitrogen and oxygen atoms in total. The van der Waals surface area contributed by atoms with Crippen molar-refractivity contribution in [2.75, 3.05) is 19.6 Å². The summed E-state index contributed by atoms with van der Waals surface area (Å²) in [6, 6.07) is 16.9. The van der Waals surface area contributed by atoms with Gasteiger partial charge in [-0.15, -0.1) is 0 Å². The van der Waals surface area contributed by atoms with E-state index in [-0.39, 0.29) is 11.8 Å². The van der Waals surface area contributed by atoms with Crippen molar-refractivity contribution < 1.29 is 14.0 Å². The van der Waals surface area contributed by atoms with Gasteiger partial charge in [0.1, 0.15) is 5.76 Å². The van der Waals surface area contributed by atoms with E-state index in [4.69, 9.17) is 4.42 Å². The molecule has 0 N–H and O–H groups in total. The lowest BCUT2D eigenvalue weighted by atomic mass is 10.2. The molecule has 3 aromatic rings. The van der Waals surface area contributed by atoms with Gasteiger partial charge >= 0.3 is 0 Å². The van der Waals surface area contributed by atoms with E-state index in [0.717, 1.165) is 12.1 Å². The van der Waals surface area contributed by atoms with Crippen LogP contribution in [0.1, 0.15) is 59.6 Å². The normalized spacial score (nSPS) is 10.8. The van der Waals surface area contributed by atoms with Gasteiger partial charge in [-0.25, -0.2) is 0 Å². The van der Waals surface area contributed by atoms with E-state index < -0.39 is 0 Å². The number of nitrogens with zero attached hydrogens (tertiary/aromatic N) is 3. The van der Waals surface area contributed by atoms with Crippen LogP contribution in [0.15, 0.2) is 65.2 Å². The molecule has 164 valence electrons. The molecule has 2 aromatic heterocycles. The lowest BCUT2D eigenvalue weighted by molar-refractivity contribution is 0.0730. The summed E-state index contributed by atoms with van der Waals surface area (Å²) in [7, 11) is 0. The van der Waals surface area contributed by atoms with Gasteiger partial charge < -0.3 is 18.8 Å². The zero-order valence-electron chi connectivity index (χ0n) is 18.6. The van der Waals surface area contributed by atoms with Crippen LogP contribution < -0.4 is 0 Å². The summed E-state index contributed by atoms with van der Waals surface area (Å²) in [5.41, 5.74) is 1.71. The van der Waals surface area contributed by atoms with Gasteiger partial charge in [-0.2, -0.15) is 0 Å². The molecule has 0 aliphatic rings. The maximum atomic E-state index is 13.0. The molecule has 0 aliphatic heterocycles. The molecule has 0 saturated carbocycles. The van der Waals surface area contributed by atoms with Crippen LogP contribution in [-0.4, -0.2) is 45.8 Å². The second-order valence-electron chi connectivity index (χ2n) is 7.46. The molecule has 2 amide bonds. The maximum Gasteiger partial charge on any atom is 0.289 e. The molecular formula is C25H31N3O3. The minimum atomic E-state index is -0.0911. The second kappa shape index (κ2) is 10.7. The van der Waals surface area contributed by atoms with Gasteiger partial charge in [0.25, 0.3) is 11.8 Å². The van der Waals surface area contributed by atoms with Crippen molar-refractivity contribution in [2.45, 2.75) is 40.3 Å². The highest BCUT2D eigenvalue weighted by Gasteiger charge is 2.19. The van der Waals surface area contributed by atoms with Crippen LogP contribution in [0.2, 0.25) is 0 Å². The molecule has 0 atom stereocenters. The Balaban J connectivity index is 1.73. The Morgan fingerprint density at radius 1 is 0.871 bits per heavy atom. The van der Waals surface area contributed by atoms with E-state index in [1.54, 1.807) is 11.0 Å². The summed E-state index contributed by atoms with van der Waals surface area (Å²) in [5, 5.41) is 0. The number of rotatable bonds is 10. The largest absolute Gasteiger partial charge is 0.454 e. The molecular weight excluding hydrogens is 390 g/mol. The van der Waals surface area contributed by atoms with E-state index >= 15 is 0 Å². The van der Waals surface area contributed by atoms with Crippen LogP contribution in [0.25, 0.3) is 0 Å². The maximum absolute atomic E-state index is 13.0. The van der Waals surface area contributed by atoms with E-state index in [9.17, 15) is 9.59 Å². The fourth-order valence-corrected chi connectivity index (χ4v) is 3.64. The Hall–Kier alpha value is -3.28. The van der Waals surface area contributed by atoms with E-state index in [2.05, 4.69) is 11.5 Å². The van der Waals surface area contributed by atoms with Gasteiger partial charge in [-0.1, -0.05) is 25.1 Å². The first kappa shape index (κ1) is 22.4. The van der Waals surface area contributed by atoms with Crippen molar-refractivity contribution in [3.05, 3.63) is 83.6 Å². The Bertz CT molecular complexity index is 986. The van der Waals surface area contributed by atoms with Gasteiger partial charge in [0.2, 0.25) is 0 Å². The fraction of sp³-hybridized carbons (Fsp3) is 0.360. The number of amides is 2. The van der Waals surface area contributed by atoms with Crippen molar-refractivity contribution in [3.63, 3.8) is 0 Å². The van der Waals surface area contributed by atoms with Crippen LogP contribution in [0.3, 0.4) is 0 Å². The standard InChI is InChI=1S/C25H31N3O3/c1-4-16-28(24(29)20-11-8-7-9-12-20)18-21-13-10-17-27(21)19-22-14-15-23(31-22)25(30)26(5-2)6-3/h7-15,17H,4-6,16,18-19H2,1-3H3. The minimum Gasteiger partial charge on any atom is -0.454 e. The van der Waals surface area contributed by atoms with Crippen molar-refractivity contribution in [1.29, 1.82) is 0 Å². The zero-order valence-corrected chi connectivity index (χ0v) is 18.6. The van der Waals surface area contributed by atoms with Gasteiger partial charge in [0, 0.05) is 37.1 Å². The number of carbonyl (C=O) groups excluding carboxylic acids is 2. The quantitative estimate of drug-likeness (QED) is 0.478. The SMILES string of the molecule is CCCN(Cc1cccn1Cc1ccc(C(=O)N(CC)CC)o1)C(=O)c1ccccc1. The summed E-state index contributed by atoms with van der Waals surface area (Å²) in [6.07, 6.45) is 2.86. The van der Waals surface area contributed by atoms with E-state index in [1.165, 1.54) is 0 Å². The van der Waals surface area contributed by atoms with Crippen molar-refractivity contribution in [3.8, 4) is 0 Å².